The summed E-state index contributed by atoms with van der Waals surface area (Å²) in [6, 6.07) is 11.9. The average molecular weight is 262 g/mol. The molecule has 0 aromatic heterocycles. The molecule has 0 amide bonds. The fourth-order valence-electron chi connectivity index (χ4n) is 2.50. The van der Waals surface area contributed by atoms with Gasteiger partial charge in [0.25, 0.3) is 0 Å². The minimum absolute atomic E-state index is 0.462. The summed E-state index contributed by atoms with van der Waals surface area (Å²) in [7, 11) is 0. The van der Waals surface area contributed by atoms with Crippen molar-refractivity contribution in [3.8, 4) is 0 Å². The van der Waals surface area contributed by atoms with Gasteiger partial charge in [-0.3, -0.25) is 4.90 Å². The van der Waals surface area contributed by atoms with E-state index >= 15 is 0 Å². The molecule has 0 fully saturated rings. The lowest BCUT2D eigenvalue weighted by molar-refractivity contribution is 0.132. The normalized spacial score (nSPS) is 13.5. The molecule has 19 heavy (non-hydrogen) atoms. The Labute approximate surface area is 119 Å². The van der Waals surface area contributed by atoms with Gasteiger partial charge < -0.3 is 5.32 Å². The molecule has 1 N–H and O–H groups in total. The lowest BCUT2D eigenvalue weighted by Gasteiger charge is -2.36. The third-order valence-corrected chi connectivity index (χ3v) is 3.41. The second-order valence-electron chi connectivity index (χ2n) is 5.92. The van der Waals surface area contributed by atoms with Crippen LogP contribution in [0.25, 0.3) is 0 Å². The first-order valence-electron chi connectivity index (χ1n) is 7.57. The van der Waals surface area contributed by atoms with Crippen molar-refractivity contribution in [2.75, 3.05) is 19.6 Å². The van der Waals surface area contributed by atoms with E-state index in [-0.39, 0.29) is 0 Å². The Kier molecular flexibility index (Phi) is 7.11. The van der Waals surface area contributed by atoms with Crippen LogP contribution in [0.4, 0.5) is 0 Å². The van der Waals surface area contributed by atoms with Crippen LogP contribution in [0.3, 0.4) is 0 Å². The highest BCUT2D eigenvalue weighted by molar-refractivity contribution is 5.19. The molecular formula is C17H30N2. The molecule has 1 aromatic rings. The predicted octanol–water partition coefficient (Wildman–Crippen LogP) is 3.70. The summed E-state index contributed by atoms with van der Waals surface area (Å²) >= 11 is 0. The van der Waals surface area contributed by atoms with Crippen LogP contribution in [0.2, 0.25) is 0 Å². The van der Waals surface area contributed by atoms with Crippen molar-refractivity contribution in [2.45, 2.75) is 46.7 Å². The van der Waals surface area contributed by atoms with E-state index in [1.807, 2.05) is 0 Å². The van der Waals surface area contributed by atoms with Crippen molar-refractivity contribution >= 4 is 0 Å². The Morgan fingerprint density at radius 1 is 1.05 bits per heavy atom. The standard InChI is InChI=1S/C17H30N2/c1-6-18-12-17(16-10-8-7-9-11-16)19(15(4)5)13-14(2)3/h7-11,14-15,17-18H,6,12-13H2,1-5H3. The van der Waals surface area contributed by atoms with Crippen LogP contribution < -0.4 is 5.32 Å². The van der Waals surface area contributed by atoms with E-state index in [1.165, 1.54) is 5.56 Å². The number of nitrogens with zero attached hydrogens (tertiary/aromatic N) is 1. The zero-order valence-electron chi connectivity index (χ0n) is 13.2. The van der Waals surface area contributed by atoms with Crippen molar-refractivity contribution in [1.29, 1.82) is 0 Å². The van der Waals surface area contributed by atoms with Gasteiger partial charge >= 0.3 is 0 Å². The molecule has 0 saturated carbocycles. The van der Waals surface area contributed by atoms with Crippen molar-refractivity contribution in [1.82, 2.24) is 10.2 Å². The number of rotatable bonds is 8. The maximum absolute atomic E-state index is 3.51. The highest BCUT2D eigenvalue weighted by Crippen LogP contribution is 2.23. The molecule has 2 nitrogen and oxygen atoms in total. The Hall–Kier alpha value is -0.860. The monoisotopic (exact) mass is 262 g/mol. The molecule has 1 rings (SSSR count). The van der Waals surface area contributed by atoms with E-state index in [4.69, 9.17) is 0 Å². The predicted molar refractivity (Wildman–Crippen MR) is 84.4 cm³/mol. The van der Waals surface area contributed by atoms with Crippen LogP contribution >= 0.6 is 0 Å². The molecule has 1 unspecified atom stereocenters. The first-order valence-corrected chi connectivity index (χ1v) is 7.57. The van der Waals surface area contributed by atoms with Gasteiger partial charge in [0, 0.05) is 25.2 Å². The molecule has 0 aliphatic rings. The largest absolute Gasteiger partial charge is 0.315 e. The molecule has 0 bridgehead atoms. The van der Waals surface area contributed by atoms with Crippen molar-refractivity contribution in [3.63, 3.8) is 0 Å². The smallest absolute Gasteiger partial charge is 0.0475 e. The Bertz CT molecular complexity index is 332. The maximum atomic E-state index is 3.51. The number of likely N-dealkylation sites (N-methyl/N-ethyl adjacent to an activating group) is 1. The number of hydrogen-bond donors (Lipinski definition) is 1. The lowest BCUT2D eigenvalue weighted by atomic mass is 10.0. The molecule has 2 heteroatoms. The molecule has 108 valence electrons. The highest BCUT2D eigenvalue weighted by Gasteiger charge is 2.22. The van der Waals surface area contributed by atoms with Gasteiger partial charge in [-0.2, -0.15) is 0 Å². The van der Waals surface area contributed by atoms with E-state index in [9.17, 15) is 0 Å². The molecule has 0 heterocycles. The first kappa shape index (κ1) is 16.2. The number of hydrogen-bond acceptors (Lipinski definition) is 2. The lowest BCUT2D eigenvalue weighted by Crippen LogP contribution is -2.42. The minimum Gasteiger partial charge on any atom is -0.315 e. The summed E-state index contributed by atoms with van der Waals surface area (Å²) in [6.07, 6.45) is 0. The molecule has 1 atom stereocenters. The van der Waals surface area contributed by atoms with Gasteiger partial charge in [0.2, 0.25) is 0 Å². The Balaban J connectivity index is 2.92. The Morgan fingerprint density at radius 3 is 2.16 bits per heavy atom. The molecule has 1 aromatic carbocycles. The van der Waals surface area contributed by atoms with Gasteiger partial charge in [0.05, 0.1) is 0 Å². The van der Waals surface area contributed by atoms with Crippen LogP contribution in [0, 0.1) is 5.92 Å². The van der Waals surface area contributed by atoms with Gasteiger partial charge in [-0.25, -0.2) is 0 Å². The van der Waals surface area contributed by atoms with Gasteiger partial charge in [-0.05, 0) is 31.9 Å². The molecule has 0 spiro atoms. The highest BCUT2D eigenvalue weighted by atomic mass is 15.2. The van der Waals surface area contributed by atoms with E-state index in [1.54, 1.807) is 0 Å². The zero-order chi connectivity index (χ0) is 14.3. The van der Waals surface area contributed by atoms with E-state index in [0.29, 0.717) is 18.0 Å². The zero-order valence-corrected chi connectivity index (χ0v) is 13.2. The summed E-state index contributed by atoms with van der Waals surface area (Å²) < 4.78 is 0. The third-order valence-electron chi connectivity index (χ3n) is 3.41. The SMILES string of the molecule is CCNCC(c1ccccc1)N(CC(C)C)C(C)C. The van der Waals surface area contributed by atoms with Crippen molar-refractivity contribution in [3.05, 3.63) is 35.9 Å². The van der Waals surface area contributed by atoms with Crippen LogP contribution in [0.15, 0.2) is 30.3 Å². The average Bonchev–Trinajstić information content (AvgIpc) is 2.38. The first-order chi connectivity index (χ1) is 9.06. The molecule has 0 radical (unpaired) electrons. The Morgan fingerprint density at radius 2 is 1.68 bits per heavy atom. The fourth-order valence-corrected chi connectivity index (χ4v) is 2.50. The summed E-state index contributed by atoms with van der Waals surface area (Å²) in [5.74, 6) is 0.690. The second-order valence-corrected chi connectivity index (χ2v) is 5.92. The minimum atomic E-state index is 0.462. The van der Waals surface area contributed by atoms with Crippen molar-refractivity contribution < 1.29 is 0 Å². The van der Waals surface area contributed by atoms with Crippen LogP contribution in [-0.2, 0) is 0 Å². The third kappa shape index (κ3) is 5.33. The van der Waals surface area contributed by atoms with Crippen LogP contribution in [0.1, 0.15) is 46.2 Å². The van der Waals surface area contributed by atoms with Gasteiger partial charge in [0.15, 0.2) is 0 Å². The molecule has 0 aliphatic heterocycles. The second kappa shape index (κ2) is 8.34. The van der Waals surface area contributed by atoms with E-state index < -0.39 is 0 Å². The number of benzene rings is 1. The van der Waals surface area contributed by atoms with Gasteiger partial charge in [-0.15, -0.1) is 0 Å². The summed E-state index contributed by atoms with van der Waals surface area (Å²) in [6.45, 7) is 14.5. The molecule has 0 aliphatic carbocycles. The topological polar surface area (TPSA) is 15.3 Å². The molecule has 0 saturated heterocycles. The van der Waals surface area contributed by atoms with E-state index in [2.05, 4.69) is 75.2 Å². The maximum Gasteiger partial charge on any atom is 0.0475 e. The quantitative estimate of drug-likeness (QED) is 0.768. The van der Waals surface area contributed by atoms with Crippen molar-refractivity contribution in [2.24, 2.45) is 5.92 Å². The summed E-state index contributed by atoms with van der Waals surface area (Å²) in [5, 5.41) is 3.51. The van der Waals surface area contributed by atoms with Crippen LogP contribution in [-0.4, -0.2) is 30.6 Å². The van der Waals surface area contributed by atoms with Crippen LogP contribution in [0.5, 0.6) is 0 Å². The van der Waals surface area contributed by atoms with Gasteiger partial charge in [0.1, 0.15) is 0 Å². The number of nitrogens with one attached hydrogen (secondary N) is 1. The summed E-state index contributed by atoms with van der Waals surface area (Å²) in [4.78, 5) is 2.61. The summed E-state index contributed by atoms with van der Waals surface area (Å²) in [5.41, 5.74) is 1.41. The molecular weight excluding hydrogens is 232 g/mol. The fraction of sp³-hybridized carbons (Fsp3) is 0.647. The van der Waals surface area contributed by atoms with E-state index in [0.717, 1.165) is 19.6 Å². The van der Waals surface area contributed by atoms with Gasteiger partial charge in [-0.1, -0.05) is 51.1 Å².